The van der Waals surface area contributed by atoms with Gasteiger partial charge in [-0.25, -0.2) is 9.78 Å². The van der Waals surface area contributed by atoms with Gasteiger partial charge in [0.05, 0.1) is 12.8 Å². The van der Waals surface area contributed by atoms with Crippen LogP contribution in [0.2, 0.25) is 0 Å². The number of carbonyl (C=O) groups excluding carboxylic acids is 1. The highest BCUT2D eigenvalue weighted by Gasteiger charge is 2.07. The first-order valence-corrected chi connectivity index (χ1v) is 4.19. The molecule has 1 N–H and O–H groups in total. The van der Waals surface area contributed by atoms with E-state index in [9.17, 15) is 4.79 Å². The van der Waals surface area contributed by atoms with E-state index in [4.69, 9.17) is 4.74 Å². The molecular formula is C6H7IN2O2. The minimum atomic E-state index is -0.358. The maximum atomic E-state index is 11.0. The van der Waals surface area contributed by atoms with Gasteiger partial charge in [-0.1, -0.05) is 0 Å². The lowest BCUT2D eigenvalue weighted by Crippen LogP contribution is -2.04. The van der Waals surface area contributed by atoms with Gasteiger partial charge in [-0.05, 0) is 29.5 Å². The largest absolute Gasteiger partial charge is 0.461 e. The minimum Gasteiger partial charge on any atom is -0.461 e. The van der Waals surface area contributed by atoms with Gasteiger partial charge >= 0.3 is 5.97 Å². The predicted octanol–water partition coefficient (Wildman–Crippen LogP) is 1.19. The third kappa shape index (κ3) is 2.18. The fraction of sp³-hybridized carbons (Fsp3) is 0.333. The molecule has 0 aliphatic rings. The van der Waals surface area contributed by atoms with Crippen LogP contribution in [0, 0.1) is 3.83 Å². The summed E-state index contributed by atoms with van der Waals surface area (Å²) >= 11 is 1.99. The van der Waals surface area contributed by atoms with Crippen molar-refractivity contribution in [1.29, 1.82) is 0 Å². The number of nitrogens with one attached hydrogen (secondary N) is 1. The highest BCUT2D eigenvalue weighted by atomic mass is 127. The Balaban J connectivity index is 2.69. The Morgan fingerprint density at radius 3 is 3.09 bits per heavy atom. The van der Waals surface area contributed by atoms with Crippen LogP contribution in [0.15, 0.2) is 6.20 Å². The summed E-state index contributed by atoms with van der Waals surface area (Å²) in [5, 5.41) is 0. The molecule has 1 aromatic heterocycles. The second-order valence-electron chi connectivity index (χ2n) is 1.81. The average Bonchev–Trinajstić information content (AvgIpc) is 2.36. The first-order valence-electron chi connectivity index (χ1n) is 3.11. The number of hydrogen-bond donors (Lipinski definition) is 1. The van der Waals surface area contributed by atoms with E-state index in [1.807, 2.05) is 22.6 Å². The number of H-pyrrole nitrogens is 1. The van der Waals surface area contributed by atoms with Crippen LogP contribution < -0.4 is 0 Å². The molecule has 4 nitrogen and oxygen atoms in total. The average molecular weight is 266 g/mol. The molecule has 0 amide bonds. The predicted molar refractivity (Wildman–Crippen MR) is 47.3 cm³/mol. The van der Waals surface area contributed by atoms with Crippen molar-refractivity contribution in [2.45, 2.75) is 6.92 Å². The van der Waals surface area contributed by atoms with Crippen molar-refractivity contribution >= 4 is 28.6 Å². The maximum Gasteiger partial charge on any atom is 0.356 e. The van der Waals surface area contributed by atoms with Gasteiger partial charge in [0.2, 0.25) is 0 Å². The normalized spacial score (nSPS) is 9.64. The van der Waals surface area contributed by atoms with Gasteiger partial charge in [0.1, 0.15) is 5.69 Å². The van der Waals surface area contributed by atoms with E-state index in [-0.39, 0.29) is 5.97 Å². The number of nitrogens with zero attached hydrogens (tertiary/aromatic N) is 1. The molecule has 0 aromatic carbocycles. The molecule has 0 aliphatic heterocycles. The molecule has 0 radical (unpaired) electrons. The number of imidazole rings is 1. The van der Waals surface area contributed by atoms with Crippen LogP contribution in [-0.4, -0.2) is 22.5 Å². The smallest absolute Gasteiger partial charge is 0.356 e. The summed E-state index contributed by atoms with van der Waals surface area (Å²) in [7, 11) is 0. The molecule has 0 unspecified atom stereocenters. The van der Waals surface area contributed by atoms with Crippen LogP contribution in [0.5, 0.6) is 0 Å². The third-order valence-corrected chi connectivity index (χ3v) is 1.59. The molecule has 60 valence electrons. The Bertz CT molecular complexity index is 259. The number of hydrogen-bond acceptors (Lipinski definition) is 3. The van der Waals surface area contributed by atoms with Crippen molar-refractivity contribution in [3.8, 4) is 0 Å². The molecule has 1 aromatic rings. The number of aromatic nitrogens is 2. The standard InChI is InChI=1S/C6H7IN2O2/c1-2-11-5(10)4-3-8-6(7)9-4/h3H,2H2,1H3,(H,8,9). The van der Waals surface area contributed by atoms with Crippen molar-refractivity contribution in [3.63, 3.8) is 0 Å². The summed E-state index contributed by atoms with van der Waals surface area (Å²) in [4.78, 5) is 17.6. The van der Waals surface area contributed by atoms with Crippen LogP contribution >= 0.6 is 22.6 Å². The Morgan fingerprint density at radius 1 is 1.91 bits per heavy atom. The van der Waals surface area contributed by atoms with E-state index >= 15 is 0 Å². The summed E-state index contributed by atoms with van der Waals surface area (Å²) in [6.45, 7) is 2.15. The van der Waals surface area contributed by atoms with Gasteiger partial charge < -0.3 is 9.72 Å². The Labute approximate surface area is 77.5 Å². The summed E-state index contributed by atoms with van der Waals surface area (Å²) in [6.07, 6.45) is 1.46. The second-order valence-corrected chi connectivity index (χ2v) is 2.83. The van der Waals surface area contributed by atoms with Gasteiger partial charge in [-0.15, -0.1) is 0 Å². The van der Waals surface area contributed by atoms with Gasteiger partial charge in [0, 0.05) is 0 Å². The van der Waals surface area contributed by atoms with Crippen molar-refractivity contribution in [2.24, 2.45) is 0 Å². The van der Waals surface area contributed by atoms with Crippen molar-refractivity contribution in [2.75, 3.05) is 6.61 Å². The highest BCUT2D eigenvalue weighted by molar-refractivity contribution is 14.1. The van der Waals surface area contributed by atoms with E-state index < -0.39 is 0 Å². The van der Waals surface area contributed by atoms with E-state index in [0.29, 0.717) is 16.1 Å². The monoisotopic (exact) mass is 266 g/mol. The lowest BCUT2D eigenvalue weighted by atomic mass is 10.5. The number of aromatic amines is 1. The van der Waals surface area contributed by atoms with Crippen LogP contribution in [0.4, 0.5) is 0 Å². The van der Waals surface area contributed by atoms with Crippen LogP contribution in [0.1, 0.15) is 17.4 Å². The molecule has 0 bridgehead atoms. The topological polar surface area (TPSA) is 55.0 Å². The molecule has 0 aliphatic carbocycles. The molecule has 1 rings (SSSR count). The van der Waals surface area contributed by atoms with Crippen molar-refractivity contribution in [3.05, 3.63) is 15.7 Å². The van der Waals surface area contributed by atoms with Crippen LogP contribution in [0.3, 0.4) is 0 Å². The molecule has 0 saturated heterocycles. The lowest BCUT2D eigenvalue weighted by molar-refractivity contribution is 0.0520. The highest BCUT2D eigenvalue weighted by Crippen LogP contribution is 2.01. The molecule has 0 saturated carbocycles. The van der Waals surface area contributed by atoms with Gasteiger partial charge in [-0.2, -0.15) is 0 Å². The zero-order chi connectivity index (χ0) is 8.27. The number of ether oxygens (including phenoxy) is 1. The first kappa shape index (κ1) is 8.51. The molecule has 0 spiro atoms. The third-order valence-electron chi connectivity index (χ3n) is 1.04. The van der Waals surface area contributed by atoms with Crippen LogP contribution in [-0.2, 0) is 4.74 Å². The van der Waals surface area contributed by atoms with Gasteiger partial charge in [0.25, 0.3) is 0 Å². The van der Waals surface area contributed by atoms with Gasteiger partial charge in [-0.3, -0.25) is 0 Å². The fourth-order valence-electron chi connectivity index (χ4n) is 0.609. The molecule has 0 atom stereocenters. The Morgan fingerprint density at radius 2 is 2.64 bits per heavy atom. The number of halogens is 1. The summed E-state index contributed by atoms with van der Waals surface area (Å²) in [5.74, 6) is -0.358. The molecule has 1 heterocycles. The van der Waals surface area contributed by atoms with E-state index in [0.717, 1.165) is 0 Å². The summed E-state index contributed by atoms with van der Waals surface area (Å²) < 4.78 is 5.41. The fourth-order valence-corrected chi connectivity index (χ4v) is 1.04. The molecule has 11 heavy (non-hydrogen) atoms. The Hall–Kier alpha value is -0.590. The number of carbonyl (C=O) groups is 1. The second kappa shape index (κ2) is 3.70. The van der Waals surface area contributed by atoms with Crippen molar-refractivity contribution < 1.29 is 9.53 Å². The number of rotatable bonds is 2. The van der Waals surface area contributed by atoms with E-state index in [2.05, 4.69) is 9.97 Å². The van der Waals surface area contributed by atoms with Crippen molar-refractivity contribution in [1.82, 2.24) is 9.97 Å². The quantitative estimate of drug-likeness (QED) is 0.646. The summed E-state index contributed by atoms with van der Waals surface area (Å²) in [6, 6.07) is 0. The molecular weight excluding hydrogens is 259 g/mol. The van der Waals surface area contributed by atoms with E-state index in [1.165, 1.54) is 6.20 Å². The molecule has 5 heteroatoms. The SMILES string of the molecule is CCOC(=O)c1cnc(I)[nH]1. The maximum absolute atomic E-state index is 11.0. The minimum absolute atomic E-state index is 0.358. The Kier molecular flexibility index (Phi) is 2.86. The first-order chi connectivity index (χ1) is 5.24. The van der Waals surface area contributed by atoms with Crippen LogP contribution in [0.25, 0.3) is 0 Å². The summed E-state index contributed by atoms with van der Waals surface area (Å²) in [5.41, 5.74) is 0.399. The number of esters is 1. The zero-order valence-electron chi connectivity index (χ0n) is 5.93. The molecule has 0 fully saturated rings. The lowest BCUT2D eigenvalue weighted by Gasteiger charge is -1.95. The van der Waals surface area contributed by atoms with Gasteiger partial charge in [0.15, 0.2) is 3.83 Å². The van der Waals surface area contributed by atoms with E-state index in [1.54, 1.807) is 6.92 Å². The zero-order valence-corrected chi connectivity index (χ0v) is 8.08.